The minimum Gasteiger partial charge on any atom is -0.398 e. The van der Waals surface area contributed by atoms with Crippen molar-refractivity contribution in [2.75, 3.05) is 12.3 Å². The van der Waals surface area contributed by atoms with Crippen LogP contribution in [0.25, 0.3) is 0 Å². The number of nitrogens with two attached hydrogens (primary N) is 1. The normalized spacial score (nSPS) is 15.0. The second-order valence-corrected chi connectivity index (χ2v) is 4.27. The molecule has 0 aromatic carbocycles. The molecule has 1 saturated carbocycles. The van der Waals surface area contributed by atoms with Crippen molar-refractivity contribution < 1.29 is 4.79 Å². The Bertz CT molecular complexity index is 374. The van der Waals surface area contributed by atoms with Crippen LogP contribution in [-0.2, 0) is 11.2 Å². The van der Waals surface area contributed by atoms with Gasteiger partial charge in [-0.25, -0.2) is 0 Å². The van der Waals surface area contributed by atoms with E-state index in [0.717, 1.165) is 12.1 Å². The predicted molar refractivity (Wildman–Crippen MR) is 63.0 cm³/mol. The van der Waals surface area contributed by atoms with Gasteiger partial charge >= 0.3 is 0 Å². The zero-order valence-electron chi connectivity index (χ0n) is 9.28. The van der Waals surface area contributed by atoms with Gasteiger partial charge in [-0.2, -0.15) is 0 Å². The SMILES string of the molecule is Nc1ccncc1CC(=O)CCNC1CC1. The fourth-order valence-electron chi connectivity index (χ4n) is 1.59. The number of pyridine rings is 1. The van der Waals surface area contributed by atoms with E-state index < -0.39 is 0 Å². The number of hydrogen-bond acceptors (Lipinski definition) is 4. The van der Waals surface area contributed by atoms with Crippen LogP contribution in [0.5, 0.6) is 0 Å². The van der Waals surface area contributed by atoms with E-state index in [2.05, 4.69) is 10.3 Å². The van der Waals surface area contributed by atoms with Gasteiger partial charge in [0.25, 0.3) is 0 Å². The Labute approximate surface area is 95.3 Å². The summed E-state index contributed by atoms with van der Waals surface area (Å²) in [6, 6.07) is 2.39. The maximum Gasteiger partial charge on any atom is 0.138 e. The first-order valence-corrected chi connectivity index (χ1v) is 5.69. The number of nitrogens with zero attached hydrogens (tertiary/aromatic N) is 1. The van der Waals surface area contributed by atoms with Crippen LogP contribution in [0.3, 0.4) is 0 Å². The first kappa shape index (κ1) is 11.1. The van der Waals surface area contributed by atoms with E-state index >= 15 is 0 Å². The van der Waals surface area contributed by atoms with Gasteiger partial charge in [0.05, 0.1) is 0 Å². The highest BCUT2D eigenvalue weighted by atomic mass is 16.1. The van der Waals surface area contributed by atoms with E-state index in [-0.39, 0.29) is 5.78 Å². The molecule has 0 spiro atoms. The lowest BCUT2D eigenvalue weighted by Crippen LogP contribution is -2.21. The molecule has 0 amide bonds. The summed E-state index contributed by atoms with van der Waals surface area (Å²) >= 11 is 0. The van der Waals surface area contributed by atoms with Crippen molar-refractivity contribution in [1.82, 2.24) is 10.3 Å². The number of anilines is 1. The molecule has 1 fully saturated rings. The van der Waals surface area contributed by atoms with E-state index in [9.17, 15) is 4.79 Å². The zero-order valence-corrected chi connectivity index (χ0v) is 9.28. The lowest BCUT2D eigenvalue weighted by atomic mass is 10.1. The van der Waals surface area contributed by atoms with Crippen LogP contribution in [0.4, 0.5) is 5.69 Å². The van der Waals surface area contributed by atoms with E-state index in [1.165, 1.54) is 12.8 Å². The maximum absolute atomic E-state index is 11.6. The minimum absolute atomic E-state index is 0.216. The van der Waals surface area contributed by atoms with Gasteiger partial charge in [-0.1, -0.05) is 0 Å². The summed E-state index contributed by atoms with van der Waals surface area (Å²) in [5, 5.41) is 3.32. The molecule has 1 aliphatic carbocycles. The quantitative estimate of drug-likeness (QED) is 0.746. The molecular weight excluding hydrogens is 202 g/mol. The largest absolute Gasteiger partial charge is 0.398 e. The van der Waals surface area contributed by atoms with E-state index in [1.54, 1.807) is 18.5 Å². The van der Waals surface area contributed by atoms with E-state index in [0.29, 0.717) is 24.6 Å². The third-order valence-electron chi connectivity index (χ3n) is 2.74. The van der Waals surface area contributed by atoms with Gasteiger partial charge in [0.2, 0.25) is 0 Å². The number of rotatable bonds is 6. The first-order valence-electron chi connectivity index (χ1n) is 5.69. The number of nitrogens with one attached hydrogen (secondary N) is 1. The Kier molecular flexibility index (Phi) is 3.51. The third kappa shape index (κ3) is 3.31. The van der Waals surface area contributed by atoms with Gasteiger partial charge in [0.15, 0.2) is 0 Å². The highest BCUT2D eigenvalue weighted by Gasteiger charge is 2.20. The Morgan fingerprint density at radius 1 is 1.56 bits per heavy atom. The molecule has 3 N–H and O–H groups in total. The summed E-state index contributed by atoms with van der Waals surface area (Å²) in [5.41, 5.74) is 7.23. The van der Waals surface area contributed by atoms with Gasteiger partial charge in [0, 0.05) is 49.1 Å². The van der Waals surface area contributed by atoms with Gasteiger partial charge in [-0.15, -0.1) is 0 Å². The van der Waals surface area contributed by atoms with Crippen molar-refractivity contribution >= 4 is 11.5 Å². The molecule has 1 aromatic heterocycles. The van der Waals surface area contributed by atoms with Crippen molar-refractivity contribution in [3.63, 3.8) is 0 Å². The number of Topliss-reactive ketones (excluding diaryl/α,β-unsaturated/α-hetero) is 1. The highest BCUT2D eigenvalue weighted by molar-refractivity contribution is 5.82. The van der Waals surface area contributed by atoms with Crippen LogP contribution < -0.4 is 11.1 Å². The number of aromatic nitrogens is 1. The molecule has 0 radical (unpaired) electrons. The molecule has 1 heterocycles. The van der Waals surface area contributed by atoms with Gasteiger partial charge < -0.3 is 11.1 Å². The second-order valence-electron chi connectivity index (χ2n) is 4.27. The fraction of sp³-hybridized carbons (Fsp3) is 0.500. The average Bonchev–Trinajstić information content (AvgIpc) is 3.05. The van der Waals surface area contributed by atoms with E-state index in [4.69, 9.17) is 5.73 Å². The molecule has 0 atom stereocenters. The van der Waals surface area contributed by atoms with Crippen LogP contribution in [0.1, 0.15) is 24.8 Å². The predicted octanol–water partition coefficient (Wildman–Crippen LogP) is 0.917. The number of ketones is 1. The van der Waals surface area contributed by atoms with Gasteiger partial charge in [-0.05, 0) is 18.9 Å². The minimum atomic E-state index is 0.216. The van der Waals surface area contributed by atoms with Crippen LogP contribution in [-0.4, -0.2) is 23.4 Å². The van der Waals surface area contributed by atoms with Crippen molar-refractivity contribution in [2.24, 2.45) is 0 Å². The van der Waals surface area contributed by atoms with Crippen LogP contribution >= 0.6 is 0 Å². The molecule has 1 aromatic rings. The van der Waals surface area contributed by atoms with Gasteiger partial charge in [-0.3, -0.25) is 9.78 Å². The Balaban J connectivity index is 1.75. The summed E-state index contributed by atoms with van der Waals surface area (Å²) in [4.78, 5) is 15.6. The zero-order chi connectivity index (χ0) is 11.4. The molecular formula is C12H17N3O. The Morgan fingerprint density at radius 3 is 3.06 bits per heavy atom. The summed E-state index contributed by atoms with van der Waals surface area (Å²) in [5.74, 6) is 0.216. The van der Waals surface area contributed by atoms with Crippen molar-refractivity contribution in [3.05, 3.63) is 24.0 Å². The molecule has 0 unspecified atom stereocenters. The smallest absolute Gasteiger partial charge is 0.138 e. The molecule has 0 bridgehead atoms. The molecule has 4 nitrogen and oxygen atoms in total. The lowest BCUT2D eigenvalue weighted by Gasteiger charge is -2.04. The summed E-state index contributed by atoms with van der Waals surface area (Å²) < 4.78 is 0. The standard InChI is InChI=1S/C12H17N3O/c13-12-4-5-14-8-9(12)7-11(16)3-6-15-10-1-2-10/h4-5,8,10,15H,1-3,6-7H2,(H2,13,14). The molecule has 0 aliphatic heterocycles. The third-order valence-corrected chi connectivity index (χ3v) is 2.74. The fourth-order valence-corrected chi connectivity index (χ4v) is 1.59. The van der Waals surface area contributed by atoms with E-state index in [1.807, 2.05) is 0 Å². The number of hydrogen-bond donors (Lipinski definition) is 2. The first-order chi connectivity index (χ1) is 7.75. The van der Waals surface area contributed by atoms with Crippen molar-refractivity contribution in [2.45, 2.75) is 31.7 Å². The molecule has 0 saturated heterocycles. The topological polar surface area (TPSA) is 68.0 Å². The van der Waals surface area contributed by atoms with Crippen LogP contribution in [0.2, 0.25) is 0 Å². The van der Waals surface area contributed by atoms with Crippen molar-refractivity contribution in [1.29, 1.82) is 0 Å². The maximum atomic E-state index is 11.6. The molecule has 2 rings (SSSR count). The van der Waals surface area contributed by atoms with Crippen LogP contribution in [0, 0.1) is 0 Å². The molecule has 4 heteroatoms. The summed E-state index contributed by atoms with van der Waals surface area (Å²) in [7, 11) is 0. The number of carbonyl (C=O) groups is 1. The molecule has 1 aliphatic rings. The Hall–Kier alpha value is -1.42. The lowest BCUT2D eigenvalue weighted by molar-refractivity contribution is -0.118. The Morgan fingerprint density at radius 2 is 2.38 bits per heavy atom. The summed E-state index contributed by atoms with van der Waals surface area (Å²) in [6.07, 6.45) is 6.78. The van der Waals surface area contributed by atoms with Gasteiger partial charge in [0.1, 0.15) is 5.78 Å². The monoisotopic (exact) mass is 219 g/mol. The number of carbonyl (C=O) groups excluding carboxylic acids is 1. The average molecular weight is 219 g/mol. The second kappa shape index (κ2) is 5.07. The molecule has 86 valence electrons. The number of nitrogen functional groups attached to an aromatic ring is 1. The van der Waals surface area contributed by atoms with Crippen LogP contribution in [0.15, 0.2) is 18.5 Å². The van der Waals surface area contributed by atoms with Crippen molar-refractivity contribution in [3.8, 4) is 0 Å². The molecule has 16 heavy (non-hydrogen) atoms. The summed E-state index contributed by atoms with van der Waals surface area (Å²) in [6.45, 7) is 0.781. The highest BCUT2D eigenvalue weighted by Crippen LogP contribution is 2.18.